The second-order valence-electron chi connectivity index (χ2n) is 21.9. The highest BCUT2D eigenvalue weighted by atomic mass is 35.5. The molecule has 4 heterocycles. The summed E-state index contributed by atoms with van der Waals surface area (Å²) in [6.45, 7) is 14.4. The predicted molar refractivity (Wildman–Crippen MR) is 330 cm³/mol. The molecule has 0 amide bonds. The number of aromatic nitrogens is 1. The molecule has 1 aromatic heterocycles. The van der Waals surface area contributed by atoms with Crippen molar-refractivity contribution in [3.05, 3.63) is 143 Å². The quantitative estimate of drug-likeness (QED) is 0.0408. The molecule has 0 spiro atoms. The van der Waals surface area contributed by atoms with Crippen LogP contribution in [0.4, 0.5) is 30.2 Å². The summed E-state index contributed by atoms with van der Waals surface area (Å²) in [5.41, 5.74) is -0.491. The predicted octanol–water partition coefficient (Wildman–Crippen LogP) is 14.4. The number of anilines is 3. The summed E-state index contributed by atoms with van der Waals surface area (Å²) in [4.78, 5) is 20.2. The van der Waals surface area contributed by atoms with Crippen molar-refractivity contribution < 1.29 is 54.9 Å². The molecule has 0 bridgehead atoms. The fourth-order valence-corrected chi connectivity index (χ4v) is 19.3. The number of rotatable bonds is 23. The monoisotopic (exact) mass is 1250 g/mol. The van der Waals surface area contributed by atoms with E-state index in [0.717, 1.165) is 52.0 Å². The fraction of sp³-hybridized carbons (Fsp3) is 0.426. The molecule has 0 saturated carbocycles. The van der Waals surface area contributed by atoms with E-state index < -0.39 is 52.8 Å². The lowest BCUT2D eigenvalue weighted by atomic mass is 9.96. The minimum atomic E-state index is -6.02. The first-order chi connectivity index (χ1) is 40.0. The smallest absolute Gasteiger partial charge is 0.478 e. The van der Waals surface area contributed by atoms with Crippen molar-refractivity contribution in [2.45, 2.75) is 93.3 Å². The maximum Gasteiger partial charge on any atom is 0.501 e. The number of thioether (sulfide) groups is 1. The molecule has 15 nitrogen and oxygen atoms in total. The van der Waals surface area contributed by atoms with Crippen LogP contribution in [-0.2, 0) is 28.0 Å². The average molecular weight is 1250 g/mol. The lowest BCUT2D eigenvalue weighted by Gasteiger charge is -2.37. The van der Waals surface area contributed by atoms with Gasteiger partial charge in [0, 0.05) is 95.0 Å². The Balaban J connectivity index is 0.916. The Bertz CT molecular complexity index is 3460. The number of aromatic carboxylic acids is 1. The molecule has 23 heteroatoms. The van der Waals surface area contributed by atoms with Crippen molar-refractivity contribution in [1.29, 1.82) is 0 Å². The first kappa shape index (κ1) is 63.4. The average Bonchev–Trinajstić information content (AvgIpc) is 1.90. The van der Waals surface area contributed by atoms with E-state index in [4.69, 9.17) is 20.6 Å². The van der Waals surface area contributed by atoms with E-state index in [0.29, 0.717) is 90.8 Å². The van der Waals surface area contributed by atoms with E-state index in [1.807, 2.05) is 112 Å². The van der Waals surface area contributed by atoms with Crippen LogP contribution in [0.1, 0.15) is 86.7 Å². The lowest BCUT2D eigenvalue weighted by Crippen LogP contribution is -2.46. The topological polar surface area (TPSA) is 174 Å². The third kappa shape index (κ3) is 13.8. The summed E-state index contributed by atoms with van der Waals surface area (Å²) in [6, 6.07) is 35.2. The Hall–Kier alpha value is -5.11. The fourth-order valence-electron chi connectivity index (χ4n) is 12.1. The number of piperidine rings is 1. The number of carboxylic acids is 1. The van der Waals surface area contributed by atoms with Crippen molar-refractivity contribution in [3.8, 4) is 22.4 Å². The molecule has 5 aromatic carbocycles. The summed E-state index contributed by atoms with van der Waals surface area (Å²) < 4.78 is 113. The summed E-state index contributed by atoms with van der Waals surface area (Å²) >= 11 is 7.77. The second kappa shape index (κ2) is 26.9. The number of piperazine rings is 1. The Morgan fingerprint density at radius 3 is 2.07 bits per heavy atom. The van der Waals surface area contributed by atoms with Crippen LogP contribution in [0, 0.1) is 12.8 Å². The number of nitrogens with one attached hydrogen (secondary N) is 1. The Morgan fingerprint density at radius 2 is 1.46 bits per heavy atom. The Kier molecular flexibility index (Phi) is 20.3. The van der Waals surface area contributed by atoms with Crippen LogP contribution in [0.3, 0.4) is 0 Å². The molecule has 3 aliphatic rings. The number of hydroxylamine groups is 1. The molecule has 1 unspecified atom stereocenters. The van der Waals surface area contributed by atoms with Crippen LogP contribution in [-0.4, -0.2) is 128 Å². The van der Waals surface area contributed by atoms with E-state index in [1.54, 1.807) is 26.0 Å². The van der Waals surface area contributed by atoms with Gasteiger partial charge in [-0.25, -0.2) is 13.2 Å². The number of hydrogen-bond acceptors (Lipinski definition) is 13. The van der Waals surface area contributed by atoms with Crippen LogP contribution in [0.25, 0.3) is 22.4 Å². The first-order valence-corrected chi connectivity index (χ1v) is 34.9. The zero-order valence-corrected chi connectivity index (χ0v) is 52.1. The van der Waals surface area contributed by atoms with Crippen LogP contribution in [0.2, 0.25) is 5.02 Å². The number of sulfone groups is 1. The molecule has 3 atom stereocenters. The minimum Gasteiger partial charge on any atom is -0.478 e. The number of alkyl halides is 3. The van der Waals surface area contributed by atoms with Gasteiger partial charge in [-0.2, -0.15) is 13.2 Å². The minimum absolute atomic E-state index is 0.0303. The van der Waals surface area contributed by atoms with Crippen LogP contribution < -0.4 is 20.4 Å². The highest BCUT2D eigenvalue weighted by molar-refractivity contribution is 7.99. The number of nitrogens with zero attached hydrogens (tertiary/aromatic N) is 5. The number of likely N-dealkylation sites (tertiary alicyclic amines) is 1. The van der Waals surface area contributed by atoms with Gasteiger partial charge < -0.3 is 43.9 Å². The van der Waals surface area contributed by atoms with Gasteiger partial charge in [0.1, 0.15) is 4.90 Å². The van der Waals surface area contributed by atoms with Gasteiger partial charge in [0.15, 0.2) is 0 Å². The number of benzene rings is 5. The van der Waals surface area contributed by atoms with Gasteiger partial charge in [0.2, 0.25) is 7.29 Å². The van der Waals surface area contributed by atoms with Crippen LogP contribution in [0.15, 0.2) is 131 Å². The second-order valence-corrected chi connectivity index (χ2v) is 30.3. The van der Waals surface area contributed by atoms with Gasteiger partial charge in [-0.3, -0.25) is 9.13 Å². The van der Waals surface area contributed by atoms with E-state index in [2.05, 4.69) is 24.6 Å². The van der Waals surface area contributed by atoms with Crippen molar-refractivity contribution in [2.75, 3.05) is 92.6 Å². The van der Waals surface area contributed by atoms with E-state index >= 15 is 4.57 Å². The molecule has 452 valence electrons. The van der Waals surface area contributed by atoms with Gasteiger partial charge in [-0.1, -0.05) is 66.2 Å². The molecular formula is C61H74ClF3N6O9P2S2. The van der Waals surface area contributed by atoms with Gasteiger partial charge in [0.25, 0.3) is 9.84 Å². The molecule has 3 N–H and O–H groups in total. The van der Waals surface area contributed by atoms with Gasteiger partial charge in [-0.15, -0.1) is 16.6 Å². The third-order valence-corrected chi connectivity index (χ3v) is 24.7. The van der Waals surface area contributed by atoms with Gasteiger partial charge in [0.05, 0.1) is 42.0 Å². The Labute approximate surface area is 500 Å². The SMILES string of the molecule is CCOP(=O)(CC1CCN(CC[C@H](CSc2ccccc2)Nc2ccc(P3(=O)[C@@H](c4ccc(N5CCN(c6cccc(-c7c(C(=O)O)c(C)n(C(C)C)c7-c7ccc(Cl)cc7)c6)CC5)cc4)CCN3O)cc2S(=O)(=O)C(F)(F)F)CC1)OCC. The lowest BCUT2D eigenvalue weighted by molar-refractivity contribution is -0.0435. The highest BCUT2D eigenvalue weighted by Gasteiger charge is 2.51. The molecule has 84 heavy (non-hydrogen) atoms. The number of carboxylic acid groups (broad SMARTS) is 1. The largest absolute Gasteiger partial charge is 0.501 e. The molecule has 6 aromatic rings. The number of halogens is 4. The summed E-state index contributed by atoms with van der Waals surface area (Å²) in [5.74, 6) is -0.507. The molecule has 9 rings (SSSR count). The van der Waals surface area contributed by atoms with Crippen molar-refractivity contribution in [2.24, 2.45) is 5.92 Å². The van der Waals surface area contributed by atoms with Crippen molar-refractivity contribution in [1.82, 2.24) is 14.3 Å². The summed E-state index contributed by atoms with van der Waals surface area (Å²) in [6.07, 6.45) is 2.46. The van der Waals surface area contributed by atoms with Gasteiger partial charge in [-0.05, 0) is 163 Å². The van der Waals surface area contributed by atoms with E-state index in [-0.39, 0.29) is 54.7 Å². The molecule has 3 fully saturated rings. The van der Waals surface area contributed by atoms with Gasteiger partial charge >= 0.3 is 19.1 Å². The molecule has 0 radical (unpaired) electrons. The first-order valence-electron chi connectivity index (χ1n) is 28.6. The number of hydrogen-bond donors (Lipinski definition) is 3. The third-order valence-electron chi connectivity index (χ3n) is 16.2. The maximum absolute atomic E-state index is 15.4. The molecule has 3 aliphatic heterocycles. The standard InChI is InChI=1S/C61H74ClF3N6O9P2S2/c1-6-79-81(75,80-7-2)40-44-26-30-67(31-27-44)32-28-49(41-83-53-14-9-8-10-15-53)66-54-25-24-52(39-56(54)84(77,78)61(63,64)65)82(76)55(29-33-70(82)74)45-18-22-50(23-19-45)68-34-36-69(37-35-68)51-13-11-12-47(38-51)58-57(60(72)73)43(5)71(42(3)4)59(58)46-16-20-48(62)21-17-46/h8-25,38-39,42,44,49,55,66,74H,6-7,26-37,40-41H2,1-5H3,(H,72,73)/t49-,55-,82?/m1/s1. The summed E-state index contributed by atoms with van der Waals surface area (Å²) in [5, 5.41) is 25.6. The summed E-state index contributed by atoms with van der Waals surface area (Å²) in [7, 11) is -13.4. The highest BCUT2D eigenvalue weighted by Crippen LogP contribution is 2.66. The van der Waals surface area contributed by atoms with Crippen molar-refractivity contribution >= 4 is 76.4 Å². The molecule has 3 saturated heterocycles. The normalized spacial score (nSPS) is 19.1. The Morgan fingerprint density at radius 1 is 0.821 bits per heavy atom. The van der Waals surface area contributed by atoms with E-state index in [1.165, 1.54) is 23.9 Å². The van der Waals surface area contributed by atoms with Crippen LogP contribution in [0.5, 0.6) is 0 Å². The zero-order valence-electron chi connectivity index (χ0n) is 47.9. The van der Waals surface area contributed by atoms with E-state index in [9.17, 15) is 41.3 Å². The maximum atomic E-state index is 15.4. The molecule has 0 aliphatic carbocycles. The van der Waals surface area contributed by atoms with Crippen molar-refractivity contribution in [3.63, 3.8) is 0 Å². The van der Waals surface area contributed by atoms with Crippen LogP contribution >= 0.6 is 38.3 Å². The zero-order chi connectivity index (χ0) is 60.1. The molecular weight excluding hydrogens is 1180 g/mol. The number of carbonyl (C=O) groups is 1.